The predicted molar refractivity (Wildman–Crippen MR) is 245 cm³/mol. The molecule has 8 rings (SSSR count). The first-order valence-electron chi connectivity index (χ1n) is 20.6. The van der Waals surface area contributed by atoms with Crippen molar-refractivity contribution in [1.82, 2.24) is 25.3 Å². The number of rotatable bonds is 14. The molecule has 0 bridgehead atoms. The maximum atomic E-state index is 15.6. The zero-order valence-corrected chi connectivity index (χ0v) is 37.3. The van der Waals surface area contributed by atoms with Crippen molar-refractivity contribution in [2.75, 3.05) is 68.0 Å². The Balaban J connectivity index is 1.05. The highest BCUT2D eigenvalue weighted by molar-refractivity contribution is 7.90. The molecule has 0 saturated heterocycles. The van der Waals surface area contributed by atoms with Gasteiger partial charge in [0.25, 0.3) is 5.91 Å². The Morgan fingerprint density at radius 2 is 1.42 bits per heavy atom. The fraction of sp³-hybridized carbons (Fsp3) is 0.255. The number of aliphatic hydroxyl groups is 1. The molecule has 2 aliphatic heterocycles. The Kier molecular flexibility index (Phi) is 12.0. The SMILES string of the molecule is CNC(=O)c1cc(Nc2nccc(-c3cc(C#N)c4c(c3)[C@@](C)(CO)CN4)n2)c(COC[C@@]2(C)CNc3c(C#N)cc(-c4ccnc(Nc5ccc(S(C)(=O)=O)cc5OC)n4)cc32)cc1F. The van der Waals surface area contributed by atoms with Crippen LogP contribution >= 0.6 is 0 Å². The summed E-state index contributed by atoms with van der Waals surface area (Å²) in [4.78, 5) is 31.0. The van der Waals surface area contributed by atoms with Crippen LogP contribution in [0.2, 0.25) is 0 Å². The van der Waals surface area contributed by atoms with Crippen LogP contribution in [-0.4, -0.2) is 86.1 Å². The molecule has 0 unspecified atom stereocenters. The molecule has 66 heavy (non-hydrogen) atoms. The maximum absolute atomic E-state index is 15.6. The van der Waals surface area contributed by atoms with Crippen LogP contribution in [0.5, 0.6) is 5.75 Å². The van der Waals surface area contributed by atoms with Crippen LogP contribution in [0.1, 0.15) is 52.0 Å². The van der Waals surface area contributed by atoms with Crippen molar-refractivity contribution in [3.8, 4) is 40.4 Å². The molecule has 19 heteroatoms. The van der Waals surface area contributed by atoms with E-state index in [0.717, 1.165) is 17.4 Å². The summed E-state index contributed by atoms with van der Waals surface area (Å²) in [7, 11) is -0.644. The highest BCUT2D eigenvalue weighted by Crippen LogP contribution is 2.43. The molecule has 2 aromatic heterocycles. The average Bonchev–Trinajstić information content (AvgIpc) is 3.84. The second-order valence-corrected chi connectivity index (χ2v) is 18.6. The van der Waals surface area contributed by atoms with E-state index in [1.165, 1.54) is 38.4 Å². The number of fused-ring (bicyclic) bond motifs is 2. The molecule has 0 radical (unpaired) electrons. The largest absolute Gasteiger partial charge is 0.495 e. The molecule has 17 nitrogen and oxygen atoms in total. The monoisotopic (exact) mass is 909 g/mol. The number of sulfone groups is 1. The lowest BCUT2D eigenvalue weighted by atomic mass is 9.83. The van der Waals surface area contributed by atoms with E-state index in [2.05, 4.69) is 48.7 Å². The minimum Gasteiger partial charge on any atom is -0.495 e. The molecule has 0 fully saturated rings. The number of hydrogen-bond acceptors (Lipinski definition) is 16. The van der Waals surface area contributed by atoms with E-state index in [4.69, 9.17) is 19.4 Å². The van der Waals surface area contributed by atoms with E-state index in [9.17, 15) is 28.8 Å². The smallest absolute Gasteiger partial charge is 0.254 e. The molecule has 4 heterocycles. The number of aliphatic hydroxyl groups excluding tert-OH is 1. The Morgan fingerprint density at radius 3 is 1.97 bits per heavy atom. The van der Waals surface area contributed by atoms with Gasteiger partial charge in [0.15, 0.2) is 9.84 Å². The number of carbonyl (C=O) groups excluding carboxylic acids is 1. The lowest BCUT2D eigenvalue weighted by Gasteiger charge is -2.25. The summed E-state index contributed by atoms with van der Waals surface area (Å²) in [6.45, 7) is 4.69. The van der Waals surface area contributed by atoms with E-state index in [1.54, 1.807) is 42.7 Å². The topological polar surface area (TPSA) is 249 Å². The number of nitriles is 2. The molecular formula is C47H44FN11O6S. The molecule has 1 amide bonds. The minimum absolute atomic E-state index is 0.0939. The van der Waals surface area contributed by atoms with Crippen LogP contribution in [0.25, 0.3) is 22.5 Å². The summed E-state index contributed by atoms with van der Waals surface area (Å²) in [6, 6.07) is 22.2. The van der Waals surface area contributed by atoms with Crippen molar-refractivity contribution >= 4 is 50.4 Å². The number of hydrogen-bond donors (Lipinski definition) is 6. The van der Waals surface area contributed by atoms with Gasteiger partial charge >= 0.3 is 0 Å². The second-order valence-electron chi connectivity index (χ2n) is 16.6. The highest BCUT2D eigenvalue weighted by atomic mass is 32.2. The summed E-state index contributed by atoms with van der Waals surface area (Å²) >= 11 is 0. The number of methoxy groups -OCH3 is 1. The predicted octanol–water partition coefficient (Wildman–Crippen LogP) is 6.32. The average molecular weight is 910 g/mol. The van der Waals surface area contributed by atoms with Crippen molar-refractivity contribution < 1.29 is 32.2 Å². The number of amides is 1. The maximum Gasteiger partial charge on any atom is 0.254 e. The van der Waals surface area contributed by atoms with Gasteiger partial charge in [-0.2, -0.15) is 10.5 Å². The van der Waals surface area contributed by atoms with Crippen LogP contribution in [0.3, 0.4) is 0 Å². The lowest BCUT2D eigenvalue weighted by molar-refractivity contribution is 0.0828. The van der Waals surface area contributed by atoms with Crippen LogP contribution in [0.4, 0.5) is 39.0 Å². The molecule has 336 valence electrons. The Morgan fingerprint density at radius 1 is 0.848 bits per heavy atom. The summed E-state index contributed by atoms with van der Waals surface area (Å²) in [5.41, 5.74) is 5.61. The van der Waals surface area contributed by atoms with Gasteiger partial charge in [-0.05, 0) is 71.8 Å². The molecule has 2 aliphatic rings. The number of ether oxygens (including phenoxy) is 2. The molecule has 6 N–H and O–H groups in total. The number of benzene rings is 4. The van der Waals surface area contributed by atoms with E-state index in [-0.39, 0.29) is 47.9 Å². The number of anilines is 6. The fourth-order valence-electron chi connectivity index (χ4n) is 8.07. The fourth-order valence-corrected chi connectivity index (χ4v) is 8.70. The Labute approximate surface area is 380 Å². The van der Waals surface area contributed by atoms with Crippen LogP contribution in [0, 0.1) is 28.5 Å². The van der Waals surface area contributed by atoms with Crippen molar-refractivity contribution in [3.05, 3.63) is 118 Å². The van der Waals surface area contributed by atoms with E-state index in [0.29, 0.717) is 75.0 Å². The van der Waals surface area contributed by atoms with Crippen molar-refractivity contribution in [2.24, 2.45) is 0 Å². The normalized spacial score (nSPS) is 17.0. The number of nitrogens with zero attached hydrogens (tertiary/aromatic N) is 6. The third kappa shape index (κ3) is 8.62. The highest BCUT2D eigenvalue weighted by Gasteiger charge is 2.38. The summed E-state index contributed by atoms with van der Waals surface area (Å²) in [5, 5.41) is 45.8. The van der Waals surface area contributed by atoms with Crippen molar-refractivity contribution in [2.45, 2.75) is 36.2 Å². The van der Waals surface area contributed by atoms with Gasteiger partial charge in [-0.25, -0.2) is 32.7 Å². The molecule has 4 aromatic carbocycles. The van der Waals surface area contributed by atoms with Gasteiger partial charge < -0.3 is 41.2 Å². The Hall–Kier alpha value is -7.71. The van der Waals surface area contributed by atoms with Crippen LogP contribution < -0.4 is 31.3 Å². The minimum atomic E-state index is -3.48. The van der Waals surface area contributed by atoms with Gasteiger partial charge in [0, 0.05) is 78.1 Å². The van der Waals surface area contributed by atoms with Gasteiger partial charge in [-0.3, -0.25) is 4.79 Å². The summed E-state index contributed by atoms with van der Waals surface area (Å²) in [5.74, 6) is -0.783. The summed E-state index contributed by atoms with van der Waals surface area (Å²) in [6.07, 6.45) is 4.21. The van der Waals surface area contributed by atoms with E-state index >= 15 is 4.39 Å². The summed E-state index contributed by atoms with van der Waals surface area (Å²) < 4.78 is 51.6. The first-order chi connectivity index (χ1) is 31.6. The van der Waals surface area contributed by atoms with Gasteiger partial charge in [0.1, 0.15) is 23.7 Å². The van der Waals surface area contributed by atoms with Gasteiger partial charge in [0.2, 0.25) is 11.9 Å². The third-order valence-corrected chi connectivity index (χ3v) is 12.9. The number of carbonyl (C=O) groups is 1. The van der Waals surface area contributed by atoms with Gasteiger partial charge in [-0.1, -0.05) is 13.8 Å². The molecule has 2 atom stereocenters. The van der Waals surface area contributed by atoms with Crippen LogP contribution in [-0.2, 0) is 32.0 Å². The van der Waals surface area contributed by atoms with Gasteiger partial charge in [-0.15, -0.1) is 0 Å². The number of halogens is 1. The molecule has 6 aromatic rings. The Bertz CT molecular complexity index is 3140. The number of nitrogens with one attached hydrogen (secondary N) is 5. The number of aromatic nitrogens is 4. The third-order valence-electron chi connectivity index (χ3n) is 11.8. The lowest BCUT2D eigenvalue weighted by Crippen LogP contribution is -2.30. The molecule has 0 aliphatic carbocycles. The van der Waals surface area contributed by atoms with Gasteiger partial charge in [0.05, 0.1) is 77.0 Å². The van der Waals surface area contributed by atoms with E-state index < -0.39 is 32.4 Å². The standard InChI is InChI=1S/C47H44FN11O6S/c1-46(24-60)22-54-41-28(19-49)12-26(14-33(41)46)36-9-11-53-45(57-36)59-39-18-32(43(61)51-3)35(48)16-30(39)21-65-25-47(2)23-55-42-29(20-50)13-27(15-34(42)47)37-8-10-52-44(56-37)58-38-7-6-31(66(5,62)63)17-40(38)64-4/h6-18,54-55,60H,21-25H2,1-5H3,(H,51,61)(H,52,56,58)(H,53,57,59)/t46-,47-/m1/s1. The first kappa shape index (κ1) is 44.9. The molecule has 0 spiro atoms. The first-order valence-corrected chi connectivity index (χ1v) is 22.5. The van der Waals surface area contributed by atoms with Crippen LogP contribution in [0.15, 0.2) is 84.0 Å². The van der Waals surface area contributed by atoms with Crippen molar-refractivity contribution in [3.63, 3.8) is 0 Å². The quantitative estimate of drug-likeness (QED) is 0.0700. The zero-order chi connectivity index (χ0) is 47.0. The molecule has 0 saturated carbocycles. The second kappa shape index (κ2) is 17.7. The van der Waals surface area contributed by atoms with Crippen molar-refractivity contribution in [1.29, 1.82) is 10.5 Å². The van der Waals surface area contributed by atoms with E-state index in [1.807, 2.05) is 26.0 Å². The zero-order valence-electron chi connectivity index (χ0n) is 36.5. The molecular weight excluding hydrogens is 866 g/mol.